The number of aliphatic hydroxyl groups excluding tert-OH is 2. The van der Waals surface area contributed by atoms with Crippen LogP contribution in [-0.4, -0.2) is 38.3 Å². The van der Waals surface area contributed by atoms with Crippen molar-refractivity contribution in [3.63, 3.8) is 0 Å². The minimum absolute atomic E-state index is 0.00674. The largest absolute Gasteiger partial charge is 0.475 e. The fourth-order valence-electron chi connectivity index (χ4n) is 1.30. The highest BCUT2D eigenvalue weighted by Crippen LogP contribution is 2.22. The van der Waals surface area contributed by atoms with Gasteiger partial charge in [-0.1, -0.05) is 11.8 Å². The van der Waals surface area contributed by atoms with Gasteiger partial charge in [0.25, 0.3) is 0 Å². The predicted molar refractivity (Wildman–Crippen MR) is 64.4 cm³/mol. The first-order chi connectivity index (χ1) is 8.41. The van der Waals surface area contributed by atoms with Gasteiger partial charge in [-0.25, -0.2) is 4.79 Å². The van der Waals surface area contributed by atoms with Crippen molar-refractivity contribution in [1.82, 2.24) is 0 Å². The smallest absolute Gasteiger partial charge is 0.371 e. The van der Waals surface area contributed by atoms with Crippen LogP contribution in [0.3, 0.4) is 0 Å². The Morgan fingerprint density at radius 2 is 2.06 bits per heavy atom. The van der Waals surface area contributed by atoms with E-state index >= 15 is 0 Å². The number of carbonyl (C=O) groups excluding carboxylic acids is 1. The summed E-state index contributed by atoms with van der Waals surface area (Å²) in [6.45, 7) is 1.42. The molecule has 3 N–H and O–H groups in total. The lowest BCUT2D eigenvalue weighted by Crippen LogP contribution is -2.18. The van der Waals surface area contributed by atoms with E-state index < -0.39 is 18.2 Å². The van der Waals surface area contributed by atoms with Gasteiger partial charge in [-0.2, -0.15) is 0 Å². The standard InChI is InChI=1S/C11H14O6S/c1-6(12)18-5-4-7(13)10(14)8-2-3-9(17-8)11(15)16/h2-3,7,10,13-14H,4-5H2,1H3,(H,15,16). The SMILES string of the molecule is CC(=O)SCCC(O)C(O)c1ccc(C(=O)O)o1. The third-order valence-corrected chi connectivity index (χ3v) is 3.06. The average molecular weight is 274 g/mol. The summed E-state index contributed by atoms with van der Waals surface area (Å²) in [7, 11) is 0. The number of thioether (sulfide) groups is 1. The Morgan fingerprint density at radius 3 is 2.56 bits per heavy atom. The van der Waals surface area contributed by atoms with E-state index in [1.807, 2.05) is 0 Å². The summed E-state index contributed by atoms with van der Waals surface area (Å²) in [5.41, 5.74) is 0. The highest BCUT2D eigenvalue weighted by atomic mass is 32.2. The summed E-state index contributed by atoms with van der Waals surface area (Å²) in [5, 5.41) is 27.9. The van der Waals surface area contributed by atoms with Crippen molar-refractivity contribution in [3.05, 3.63) is 23.7 Å². The zero-order valence-electron chi connectivity index (χ0n) is 9.70. The summed E-state index contributed by atoms with van der Waals surface area (Å²) < 4.78 is 4.87. The molecule has 2 unspecified atom stereocenters. The van der Waals surface area contributed by atoms with Gasteiger partial charge in [0, 0.05) is 12.7 Å². The third kappa shape index (κ3) is 4.17. The van der Waals surface area contributed by atoms with Gasteiger partial charge in [0.1, 0.15) is 11.9 Å². The van der Waals surface area contributed by atoms with E-state index in [0.717, 1.165) is 11.8 Å². The van der Waals surface area contributed by atoms with Crippen molar-refractivity contribution >= 4 is 22.8 Å². The van der Waals surface area contributed by atoms with Crippen LogP contribution in [-0.2, 0) is 4.79 Å². The lowest BCUT2D eigenvalue weighted by Gasteiger charge is -2.14. The summed E-state index contributed by atoms with van der Waals surface area (Å²) in [6, 6.07) is 2.51. The van der Waals surface area contributed by atoms with E-state index in [9.17, 15) is 19.8 Å². The fourth-order valence-corrected chi connectivity index (χ4v) is 1.94. The van der Waals surface area contributed by atoms with Crippen molar-refractivity contribution in [2.24, 2.45) is 0 Å². The number of rotatable bonds is 6. The van der Waals surface area contributed by atoms with Gasteiger partial charge in [-0.05, 0) is 18.6 Å². The van der Waals surface area contributed by atoms with E-state index in [0.29, 0.717) is 5.75 Å². The first-order valence-corrected chi connectivity index (χ1v) is 6.23. The number of carboxylic acid groups (broad SMARTS) is 1. The summed E-state index contributed by atoms with van der Waals surface area (Å²) >= 11 is 1.05. The highest BCUT2D eigenvalue weighted by Gasteiger charge is 2.22. The molecule has 1 aromatic heterocycles. The number of carbonyl (C=O) groups is 2. The molecule has 0 aliphatic carbocycles. The van der Waals surface area contributed by atoms with Gasteiger partial charge in [0.2, 0.25) is 5.76 Å². The molecule has 0 aliphatic rings. The maximum Gasteiger partial charge on any atom is 0.371 e. The number of aromatic carboxylic acids is 1. The van der Waals surface area contributed by atoms with Gasteiger partial charge in [0.05, 0.1) is 6.10 Å². The van der Waals surface area contributed by atoms with Gasteiger partial charge in [0.15, 0.2) is 5.12 Å². The van der Waals surface area contributed by atoms with Crippen LogP contribution in [0.2, 0.25) is 0 Å². The van der Waals surface area contributed by atoms with Crippen molar-refractivity contribution in [1.29, 1.82) is 0 Å². The molecule has 2 atom stereocenters. The fraction of sp³-hybridized carbons (Fsp3) is 0.455. The number of hydrogen-bond donors (Lipinski definition) is 3. The molecule has 0 aromatic carbocycles. The molecule has 1 heterocycles. The molecule has 7 heteroatoms. The topological polar surface area (TPSA) is 108 Å². The molecule has 0 bridgehead atoms. The Labute approximate surface area is 108 Å². The van der Waals surface area contributed by atoms with Crippen molar-refractivity contribution in [3.8, 4) is 0 Å². The molecule has 0 radical (unpaired) electrons. The predicted octanol–water partition coefficient (Wildman–Crippen LogP) is 1.04. The Hall–Kier alpha value is -1.31. The molecular formula is C11H14O6S. The Morgan fingerprint density at radius 1 is 1.39 bits per heavy atom. The molecule has 0 amide bonds. The zero-order valence-corrected chi connectivity index (χ0v) is 10.5. The van der Waals surface area contributed by atoms with Crippen LogP contribution in [0, 0.1) is 0 Å². The van der Waals surface area contributed by atoms with E-state index in [1.165, 1.54) is 19.1 Å². The van der Waals surface area contributed by atoms with Crippen LogP contribution < -0.4 is 0 Å². The number of furan rings is 1. The normalized spacial score (nSPS) is 14.2. The molecule has 1 aromatic rings. The van der Waals surface area contributed by atoms with Crippen LogP contribution in [0.15, 0.2) is 16.5 Å². The third-order valence-electron chi connectivity index (χ3n) is 2.21. The van der Waals surface area contributed by atoms with Gasteiger partial charge < -0.3 is 19.7 Å². The first kappa shape index (κ1) is 14.7. The molecule has 18 heavy (non-hydrogen) atoms. The molecule has 0 spiro atoms. The Bertz CT molecular complexity index is 427. The number of aliphatic hydroxyl groups is 2. The lowest BCUT2D eigenvalue weighted by atomic mass is 10.1. The van der Waals surface area contributed by atoms with Gasteiger partial charge in [-0.3, -0.25) is 4.79 Å². The van der Waals surface area contributed by atoms with Crippen molar-refractivity contribution in [2.75, 3.05) is 5.75 Å². The van der Waals surface area contributed by atoms with Crippen LogP contribution in [0.25, 0.3) is 0 Å². The minimum atomic E-state index is -1.30. The summed E-state index contributed by atoms with van der Waals surface area (Å²) in [4.78, 5) is 21.3. The lowest BCUT2D eigenvalue weighted by molar-refractivity contribution is -0.109. The Kier molecular flexibility index (Phi) is 5.39. The molecule has 0 aliphatic heterocycles. The first-order valence-electron chi connectivity index (χ1n) is 5.24. The monoisotopic (exact) mass is 274 g/mol. The van der Waals surface area contributed by atoms with Crippen molar-refractivity contribution in [2.45, 2.75) is 25.6 Å². The van der Waals surface area contributed by atoms with Crippen LogP contribution in [0.5, 0.6) is 0 Å². The van der Waals surface area contributed by atoms with Gasteiger partial charge >= 0.3 is 5.97 Å². The number of hydrogen-bond acceptors (Lipinski definition) is 6. The van der Waals surface area contributed by atoms with E-state index in [-0.39, 0.29) is 23.1 Å². The number of carboxylic acids is 1. The molecule has 0 fully saturated rings. The van der Waals surface area contributed by atoms with Crippen LogP contribution >= 0.6 is 11.8 Å². The highest BCUT2D eigenvalue weighted by molar-refractivity contribution is 8.13. The molecule has 0 saturated carbocycles. The quantitative estimate of drug-likeness (QED) is 0.711. The molecular weight excluding hydrogens is 260 g/mol. The van der Waals surface area contributed by atoms with Crippen LogP contribution in [0.1, 0.15) is 35.8 Å². The molecule has 6 nitrogen and oxygen atoms in total. The zero-order chi connectivity index (χ0) is 13.7. The minimum Gasteiger partial charge on any atom is -0.475 e. The van der Waals surface area contributed by atoms with Crippen LogP contribution in [0.4, 0.5) is 0 Å². The summed E-state index contributed by atoms with van der Waals surface area (Å²) in [6.07, 6.45) is -2.20. The average Bonchev–Trinajstić information content (AvgIpc) is 2.76. The van der Waals surface area contributed by atoms with E-state index in [2.05, 4.69) is 0 Å². The maximum atomic E-state index is 10.7. The van der Waals surface area contributed by atoms with Crippen molar-refractivity contribution < 1.29 is 29.3 Å². The second-order valence-corrected chi connectivity index (χ2v) is 4.92. The molecule has 1 rings (SSSR count). The molecule has 0 saturated heterocycles. The van der Waals surface area contributed by atoms with Gasteiger partial charge in [-0.15, -0.1) is 0 Å². The Balaban J connectivity index is 2.53. The summed E-state index contributed by atoms with van der Waals surface area (Å²) in [5.74, 6) is -1.17. The van der Waals surface area contributed by atoms with E-state index in [4.69, 9.17) is 9.52 Å². The molecule has 100 valence electrons. The second-order valence-electron chi connectivity index (χ2n) is 3.65. The second kappa shape index (κ2) is 6.58. The van der Waals surface area contributed by atoms with E-state index in [1.54, 1.807) is 0 Å². The maximum absolute atomic E-state index is 10.7.